The van der Waals surface area contributed by atoms with E-state index in [4.69, 9.17) is 16.6 Å². The van der Waals surface area contributed by atoms with Gasteiger partial charge in [0.05, 0.1) is 5.02 Å². The summed E-state index contributed by atoms with van der Waals surface area (Å²) in [6, 6.07) is 3.34. The molecule has 0 aliphatic carbocycles. The third-order valence-corrected chi connectivity index (χ3v) is 1.63. The number of benzene rings is 1. The molecule has 1 N–H and O–H groups in total. The minimum atomic E-state index is -4.83. The molecule has 1 rings (SSSR count). The minimum Gasteiger partial charge on any atom is -0.537 e. The maximum Gasteiger partial charge on any atom is 0.573 e. The van der Waals surface area contributed by atoms with E-state index in [1.165, 1.54) is 6.07 Å². The minimum absolute atomic E-state index is 0.0267. The number of rotatable bonds is 3. The van der Waals surface area contributed by atoms with Gasteiger partial charge in [-0.05, 0) is 12.1 Å². The molecule has 3 nitrogen and oxygen atoms in total. The summed E-state index contributed by atoms with van der Waals surface area (Å²) in [5, 5.41) is 8.06. The van der Waals surface area contributed by atoms with Gasteiger partial charge in [-0.3, -0.25) is 0 Å². The van der Waals surface area contributed by atoms with E-state index in [1.807, 2.05) is 0 Å². The van der Waals surface area contributed by atoms with Crippen LogP contribution in [0.4, 0.5) is 13.2 Å². The second-order valence-corrected chi connectivity index (χ2v) is 2.77. The number of hydrogen-bond acceptors (Lipinski definition) is 3. The summed E-state index contributed by atoms with van der Waals surface area (Å²) < 4.78 is 43.6. The molecular formula is C7H4BClF3O3. The summed E-state index contributed by atoms with van der Waals surface area (Å²) >= 11 is 5.45. The molecule has 0 fully saturated rings. The quantitative estimate of drug-likeness (QED) is 0.821. The van der Waals surface area contributed by atoms with Crippen molar-refractivity contribution < 1.29 is 27.6 Å². The lowest BCUT2D eigenvalue weighted by Crippen LogP contribution is -2.17. The van der Waals surface area contributed by atoms with Crippen molar-refractivity contribution >= 4 is 19.3 Å². The lowest BCUT2D eigenvalue weighted by Gasteiger charge is -2.11. The fourth-order valence-electron chi connectivity index (χ4n) is 0.821. The molecule has 15 heavy (non-hydrogen) atoms. The SMILES string of the molecule is O[B]Oc1ccc(Cl)c(OC(F)(F)F)c1. The van der Waals surface area contributed by atoms with Crippen molar-refractivity contribution in [3.05, 3.63) is 23.2 Å². The second kappa shape index (κ2) is 4.63. The second-order valence-electron chi connectivity index (χ2n) is 2.36. The molecule has 0 spiro atoms. The average Bonchev–Trinajstić information content (AvgIpc) is 2.09. The maximum absolute atomic E-state index is 11.9. The molecule has 0 saturated carbocycles. The van der Waals surface area contributed by atoms with E-state index >= 15 is 0 Å². The molecule has 1 aromatic carbocycles. The zero-order valence-corrected chi connectivity index (χ0v) is 7.84. The lowest BCUT2D eigenvalue weighted by atomic mass is 10.3. The van der Waals surface area contributed by atoms with Crippen LogP contribution in [0.15, 0.2) is 18.2 Å². The van der Waals surface area contributed by atoms with Gasteiger partial charge in [-0.1, -0.05) is 11.6 Å². The first kappa shape index (κ1) is 12.0. The van der Waals surface area contributed by atoms with Crippen LogP contribution in [0.5, 0.6) is 11.5 Å². The van der Waals surface area contributed by atoms with Gasteiger partial charge in [0.1, 0.15) is 5.75 Å². The van der Waals surface area contributed by atoms with Crippen molar-refractivity contribution in [1.29, 1.82) is 0 Å². The van der Waals surface area contributed by atoms with E-state index in [9.17, 15) is 13.2 Å². The van der Waals surface area contributed by atoms with E-state index in [-0.39, 0.29) is 10.8 Å². The Bertz CT molecular complexity index is 345. The monoisotopic (exact) mass is 239 g/mol. The van der Waals surface area contributed by atoms with E-state index in [2.05, 4.69) is 9.39 Å². The van der Waals surface area contributed by atoms with Crippen LogP contribution >= 0.6 is 11.6 Å². The van der Waals surface area contributed by atoms with Crippen molar-refractivity contribution in [3.8, 4) is 11.5 Å². The van der Waals surface area contributed by atoms with E-state index in [0.717, 1.165) is 12.1 Å². The highest BCUT2D eigenvalue weighted by Gasteiger charge is 2.32. The molecule has 1 radical (unpaired) electrons. The van der Waals surface area contributed by atoms with Crippen molar-refractivity contribution in [3.63, 3.8) is 0 Å². The largest absolute Gasteiger partial charge is 0.573 e. The molecule has 0 aromatic heterocycles. The third-order valence-electron chi connectivity index (χ3n) is 1.32. The van der Waals surface area contributed by atoms with Crippen molar-refractivity contribution in [2.24, 2.45) is 0 Å². The highest BCUT2D eigenvalue weighted by atomic mass is 35.5. The van der Waals surface area contributed by atoms with Gasteiger partial charge < -0.3 is 14.4 Å². The summed E-state index contributed by atoms with van der Waals surface area (Å²) in [4.78, 5) is 0. The van der Waals surface area contributed by atoms with Crippen LogP contribution in [0.25, 0.3) is 0 Å². The van der Waals surface area contributed by atoms with Gasteiger partial charge in [-0.2, -0.15) is 0 Å². The molecule has 8 heteroatoms. The maximum atomic E-state index is 11.9. The number of ether oxygens (including phenoxy) is 1. The summed E-state index contributed by atoms with van der Waals surface area (Å²) in [7, 11) is 0.334. The summed E-state index contributed by atoms with van der Waals surface area (Å²) in [6.45, 7) is 0. The summed E-state index contributed by atoms with van der Waals surface area (Å²) in [5.41, 5.74) is 0. The molecular weight excluding hydrogens is 235 g/mol. The Balaban J connectivity index is 2.90. The highest BCUT2D eigenvalue weighted by molar-refractivity contribution is 6.32. The number of alkyl halides is 3. The van der Waals surface area contributed by atoms with E-state index in [0.29, 0.717) is 7.69 Å². The predicted octanol–water partition coefficient (Wildman–Crippen LogP) is 2.14. The van der Waals surface area contributed by atoms with Crippen LogP contribution in [-0.4, -0.2) is 19.1 Å². The smallest absolute Gasteiger partial charge is 0.537 e. The van der Waals surface area contributed by atoms with E-state index < -0.39 is 12.1 Å². The standard InChI is InChI=1S/C7H4BClF3O3/c9-5-2-1-4(15-8-13)3-6(5)14-7(10,11)12/h1-3,13H. The first-order valence-corrected chi connectivity index (χ1v) is 3.98. The fourth-order valence-corrected chi connectivity index (χ4v) is 0.977. The van der Waals surface area contributed by atoms with Gasteiger partial charge >= 0.3 is 14.0 Å². The van der Waals surface area contributed by atoms with Crippen LogP contribution < -0.4 is 9.39 Å². The molecule has 0 aliphatic rings. The van der Waals surface area contributed by atoms with Gasteiger partial charge in [-0.15, -0.1) is 13.2 Å². The highest BCUT2D eigenvalue weighted by Crippen LogP contribution is 2.33. The molecule has 0 saturated heterocycles. The molecule has 0 bridgehead atoms. The Hall–Kier alpha value is -1.08. The first-order chi connectivity index (χ1) is 6.92. The first-order valence-electron chi connectivity index (χ1n) is 3.60. The van der Waals surface area contributed by atoms with Gasteiger partial charge in [0.15, 0.2) is 5.75 Å². The number of hydrogen-bond donors (Lipinski definition) is 1. The molecule has 1 aromatic rings. The lowest BCUT2D eigenvalue weighted by molar-refractivity contribution is -0.274. The Morgan fingerprint density at radius 2 is 2.00 bits per heavy atom. The summed E-state index contributed by atoms with van der Waals surface area (Å²) in [5.74, 6) is -0.621. The zero-order chi connectivity index (χ0) is 11.5. The van der Waals surface area contributed by atoms with E-state index in [1.54, 1.807) is 0 Å². The van der Waals surface area contributed by atoms with Crippen LogP contribution in [0.1, 0.15) is 0 Å². The van der Waals surface area contributed by atoms with Crippen LogP contribution in [-0.2, 0) is 0 Å². The molecule has 81 valence electrons. The topological polar surface area (TPSA) is 38.7 Å². The Kier molecular flexibility index (Phi) is 3.70. The van der Waals surface area contributed by atoms with Crippen LogP contribution in [0.3, 0.4) is 0 Å². The van der Waals surface area contributed by atoms with Gasteiger partial charge in [0.25, 0.3) is 0 Å². The molecule has 0 unspecified atom stereocenters. The summed E-state index contributed by atoms with van der Waals surface area (Å²) in [6.07, 6.45) is -4.83. The zero-order valence-electron chi connectivity index (χ0n) is 7.08. The average molecular weight is 239 g/mol. The normalized spacial score (nSPS) is 11.0. The van der Waals surface area contributed by atoms with Crippen LogP contribution in [0.2, 0.25) is 5.02 Å². The Morgan fingerprint density at radius 1 is 1.33 bits per heavy atom. The van der Waals surface area contributed by atoms with Crippen molar-refractivity contribution in [2.75, 3.05) is 0 Å². The van der Waals surface area contributed by atoms with Gasteiger partial charge in [0, 0.05) is 6.07 Å². The van der Waals surface area contributed by atoms with Crippen molar-refractivity contribution in [2.45, 2.75) is 6.36 Å². The van der Waals surface area contributed by atoms with Gasteiger partial charge in [0.2, 0.25) is 0 Å². The fraction of sp³-hybridized carbons (Fsp3) is 0.143. The molecule has 0 atom stereocenters. The number of halogens is 4. The predicted molar refractivity (Wildman–Crippen MR) is 46.7 cm³/mol. The van der Waals surface area contributed by atoms with Crippen molar-refractivity contribution in [1.82, 2.24) is 0 Å². The Morgan fingerprint density at radius 3 is 2.53 bits per heavy atom. The molecule has 0 heterocycles. The third kappa shape index (κ3) is 3.89. The van der Waals surface area contributed by atoms with Gasteiger partial charge in [-0.25, -0.2) is 0 Å². The molecule has 0 amide bonds. The van der Waals surface area contributed by atoms with Crippen LogP contribution in [0, 0.1) is 0 Å². The molecule has 0 aliphatic heterocycles. The Labute approximate surface area is 88.7 Å².